The van der Waals surface area contributed by atoms with Crippen molar-refractivity contribution >= 4 is 52.1 Å². The fraction of sp³-hybridized carbons (Fsp3) is 0.0909. The number of rotatable bonds is 5. The molecule has 0 heterocycles. The van der Waals surface area contributed by atoms with E-state index in [2.05, 4.69) is 16.2 Å². The number of hydrogen-bond donors (Lipinski definition) is 3. The van der Waals surface area contributed by atoms with Gasteiger partial charge in [-0.2, -0.15) is 0 Å². The van der Waals surface area contributed by atoms with Crippen LogP contribution in [0.2, 0.25) is 10.0 Å². The van der Waals surface area contributed by atoms with E-state index < -0.39 is 6.10 Å². The minimum absolute atomic E-state index is 0.182. The molecule has 0 aromatic heterocycles. The van der Waals surface area contributed by atoms with Gasteiger partial charge in [0.25, 0.3) is 5.91 Å². The average Bonchev–Trinajstić information content (AvgIpc) is 2.72. The number of ether oxygens (including phenoxy) is 1. The van der Waals surface area contributed by atoms with Crippen LogP contribution in [0.4, 0.5) is 5.69 Å². The highest BCUT2D eigenvalue weighted by molar-refractivity contribution is 7.80. The number of hydrazine groups is 1. The average molecular weight is 460 g/mol. The van der Waals surface area contributed by atoms with E-state index in [0.29, 0.717) is 21.5 Å². The second-order valence-corrected chi connectivity index (χ2v) is 7.66. The molecule has 0 unspecified atom stereocenters. The number of halogens is 2. The van der Waals surface area contributed by atoms with Crippen molar-refractivity contribution in [1.82, 2.24) is 10.9 Å². The molecular weight excluding hydrogens is 441 g/mol. The maximum absolute atomic E-state index is 12.3. The summed E-state index contributed by atoms with van der Waals surface area (Å²) in [6.07, 6.45) is -0.733. The summed E-state index contributed by atoms with van der Waals surface area (Å²) in [5, 5.41) is 4.01. The van der Waals surface area contributed by atoms with Gasteiger partial charge in [-0.25, -0.2) is 0 Å². The van der Waals surface area contributed by atoms with E-state index in [-0.39, 0.29) is 11.0 Å². The number of nitrogens with one attached hydrogen (secondary N) is 3. The fourth-order valence-electron chi connectivity index (χ4n) is 2.62. The molecule has 0 bridgehead atoms. The number of hydrogen-bond acceptors (Lipinski definition) is 3. The molecule has 3 aromatic carbocycles. The van der Waals surface area contributed by atoms with Gasteiger partial charge in [0.2, 0.25) is 0 Å². The lowest BCUT2D eigenvalue weighted by atomic mass is 10.1. The molecule has 3 N–H and O–H groups in total. The monoisotopic (exact) mass is 459 g/mol. The molecule has 0 saturated carbocycles. The molecular formula is C22H19Cl2N3O2S. The largest absolute Gasteiger partial charge is 0.481 e. The standard InChI is InChI=1S/C22H19Cl2N3O2S/c1-14(29-20-9-7-16(8-10-20)15-5-3-2-4-6-15)21(28)26-27-22(30)25-19-12-17(23)11-18(24)13-19/h2-14H,1H3,(H,26,28)(H2,25,27,30)/t14-/m0/s1. The third kappa shape index (κ3) is 6.35. The molecule has 3 rings (SSSR count). The Bertz CT molecular complexity index is 1010. The van der Waals surface area contributed by atoms with Crippen LogP contribution < -0.4 is 20.9 Å². The highest BCUT2D eigenvalue weighted by Crippen LogP contribution is 2.23. The minimum Gasteiger partial charge on any atom is -0.481 e. The molecule has 0 radical (unpaired) electrons. The van der Waals surface area contributed by atoms with Crippen molar-refractivity contribution in [2.75, 3.05) is 5.32 Å². The van der Waals surface area contributed by atoms with Gasteiger partial charge in [0.1, 0.15) is 5.75 Å². The van der Waals surface area contributed by atoms with Gasteiger partial charge in [0, 0.05) is 15.7 Å². The third-order valence-corrected chi connectivity index (χ3v) is 4.70. The molecule has 0 spiro atoms. The van der Waals surface area contributed by atoms with Gasteiger partial charge in [0.15, 0.2) is 11.2 Å². The lowest BCUT2D eigenvalue weighted by molar-refractivity contribution is -0.127. The van der Waals surface area contributed by atoms with Crippen LogP contribution in [0.25, 0.3) is 11.1 Å². The number of thiocarbonyl (C=S) groups is 1. The molecule has 3 aromatic rings. The molecule has 0 aliphatic rings. The molecule has 8 heteroatoms. The van der Waals surface area contributed by atoms with Crippen molar-refractivity contribution in [3.63, 3.8) is 0 Å². The highest BCUT2D eigenvalue weighted by atomic mass is 35.5. The lowest BCUT2D eigenvalue weighted by Crippen LogP contribution is -2.48. The number of carbonyl (C=O) groups excluding carboxylic acids is 1. The number of carbonyl (C=O) groups is 1. The quantitative estimate of drug-likeness (QED) is 0.349. The van der Waals surface area contributed by atoms with Crippen LogP contribution in [0.3, 0.4) is 0 Å². The molecule has 30 heavy (non-hydrogen) atoms. The Labute approximate surface area is 190 Å². The molecule has 0 aliphatic heterocycles. The smallest absolute Gasteiger partial charge is 0.279 e. The Morgan fingerprint density at radius 3 is 2.13 bits per heavy atom. The van der Waals surface area contributed by atoms with E-state index in [1.165, 1.54) is 0 Å². The van der Waals surface area contributed by atoms with Gasteiger partial charge in [-0.1, -0.05) is 65.7 Å². The topological polar surface area (TPSA) is 62.4 Å². The minimum atomic E-state index is -0.733. The maximum atomic E-state index is 12.3. The van der Waals surface area contributed by atoms with Crippen LogP contribution in [-0.2, 0) is 4.79 Å². The zero-order valence-corrected chi connectivity index (χ0v) is 18.3. The maximum Gasteiger partial charge on any atom is 0.279 e. The Morgan fingerprint density at radius 1 is 0.900 bits per heavy atom. The summed E-state index contributed by atoms with van der Waals surface area (Å²) in [6, 6.07) is 22.5. The summed E-state index contributed by atoms with van der Waals surface area (Å²) >= 11 is 17.1. The normalized spacial score (nSPS) is 11.3. The van der Waals surface area contributed by atoms with Crippen LogP contribution in [-0.4, -0.2) is 17.1 Å². The van der Waals surface area contributed by atoms with Crippen molar-refractivity contribution in [2.45, 2.75) is 13.0 Å². The van der Waals surface area contributed by atoms with Gasteiger partial charge < -0.3 is 10.1 Å². The summed E-state index contributed by atoms with van der Waals surface area (Å²) in [4.78, 5) is 12.3. The van der Waals surface area contributed by atoms with Gasteiger partial charge in [0.05, 0.1) is 0 Å². The van der Waals surface area contributed by atoms with Crippen molar-refractivity contribution in [3.8, 4) is 16.9 Å². The Hall–Kier alpha value is -2.80. The van der Waals surface area contributed by atoms with Crippen molar-refractivity contribution in [2.24, 2.45) is 0 Å². The predicted molar refractivity (Wildman–Crippen MR) is 126 cm³/mol. The molecule has 154 valence electrons. The van der Waals surface area contributed by atoms with E-state index in [9.17, 15) is 4.79 Å². The summed E-state index contributed by atoms with van der Waals surface area (Å²) in [7, 11) is 0. The Balaban J connectivity index is 1.49. The molecule has 0 saturated heterocycles. The Kier molecular flexibility index (Phi) is 7.52. The highest BCUT2D eigenvalue weighted by Gasteiger charge is 2.15. The SMILES string of the molecule is C[C@H](Oc1ccc(-c2ccccc2)cc1)C(=O)NNC(=S)Nc1cc(Cl)cc(Cl)c1. The van der Waals surface area contributed by atoms with Gasteiger partial charge in [-0.3, -0.25) is 15.6 Å². The molecule has 0 fully saturated rings. The van der Waals surface area contributed by atoms with Gasteiger partial charge in [-0.05, 0) is 60.6 Å². The van der Waals surface area contributed by atoms with Crippen LogP contribution in [0.1, 0.15) is 6.92 Å². The van der Waals surface area contributed by atoms with Crippen LogP contribution in [0, 0.1) is 0 Å². The van der Waals surface area contributed by atoms with Gasteiger partial charge >= 0.3 is 0 Å². The second-order valence-electron chi connectivity index (χ2n) is 6.38. The second kappa shape index (κ2) is 10.3. The number of amides is 1. The summed E-state index contributed by atoms with van der Waals surface area (Å²) in [6.45, 7) is 1.65. The first kappa shape index (κ1) is 21.9. The summed E-state index contributed by atoms with van der Waals surface area (Å²) in [5.74, 6) is 0.210. The van der Waals surface area contributed by atoms with Crippen molar-refractivity contribution < 1.29 is 9.53 Å². The number of benzene rings is 3. The first-order chi connectivity index (χ1) is 14.4. The zero-order valence-electron chi connectivity index (χ0n) is 16.0. The molecule has 5 nitrogen and oxygen atoms in total. The lowest BCUT2D eigenvalue weighted by Gasteiger charge is -2.17. The molecule has 1 amide bonds. The first-order valence-corrected chi connectivity index (χ1v) is 10.2. The molecule has 1 atom stereocenters. The van der Waals surface area contributed by atoms with E-state index in [0.717, 1.165) is 11.1 Å². The van der Waals surface area contributed by atoms with E-state index in [1.54, 1.807) is 25.1 Å². The first-order valence-electron chi connectivity index (χ1n) is 9.06. The van der Waals surface area contributed by atoms with Crippen LogP contribution in [0.5, 0.6) is 5.75 Å². The van der Waals surface area contributed by atoms with E-state index in [4.69, 9.17) is 40.2 Å². The van der Waals surface area contributed by atoms with E-state index >= 15 is 0 Å². The van der Waals surface area contributed by atoms with E-state index in [1.807, 2.05) is 54.6 Å². The van der Waals surface area contributed by atoms with Crippen LogP contribution >= 0.6 is 35.4 Å². The summed E-state index contributed by atoms with van der Waals surface area (Å²) < 4.78 is 5.70. The Morgan fingerprint density at radius 2 is 1.50 bits per heavy atom. The van der Waals surface area contributed by atoms with Crippen LogP contribution in [0.15, 0.2) is 72.8 Å². The van der Waals surface area contributed by atoms with Crippen molar-refractivity contribution in [3.05, 3.63) is 82.8 Å². The van der Waals surface area contributed by atoms with Gasteiger partial charge in [-0.15, -0.1) is 0 Å². The third-order valence-electron chi connectivity index (χ3n) is 4.06. The summed E-state index contributed by atoms with van der Waals surface area (Å²) in [5.41, 5.74) is 7.91. The zero-order chi connectivity index (χ0) is 21.5. The predicted octanol–water partition coefficient (Wildman–Crippen LogP) is 5.45. The number of anilines is 1. The van der Waals surface area contributed by atoms with Crippen molar-refractivity contribution in [1.29, 1.82) is 0 Å². The fourth-order valence-corrected chi connectivity index (χ4v) is 3.32. The molecule has 0 aliphatic carbocycles.